The Morgan fingerprint density at radius 3 is 2.45 bits per heavy atom. The van der Waals surface area contributed by atoms with E-state index >= 15 is 0 Å². The van der Waals surface area contributed by atoms with E-state index < -0.39 is 18.0 Å². The maximum atomic E-state index is 13.1. The molecule has 29 heavy (non-hydrogen) atoms. The molecule has 0 aliphatic rings. The van der Waals surface area contributed by atoms with Crippen molar-refractivity contribution in [2.45, 2.75) is 12.9 Å². The maximum absolute atomic E-state index is 13.1. The number of nitrogens with one attached hydrogen (secondary N) is 1. The zero-order chi connectivity index (χ0) is 21.0. The Bertz CT molecular complexity index is 1020. The van der Waals surface area contributed by atoms with Crippen LogP contribution in [0.5, 0.6) is 5.75 Å². The van der Waals surface area contributed by atoms with Gasteiger partial charge >= 0.3 is 6.36 Å². The number of benzene rings is 2. The van der Waals surface area contributed by atoms with E-state index in [2.05, 4.69) is 31.0 Å². The first kappa shape index (κ1) is 20.8. The van der Waals surface area contributed by atoms with Crippen molar-refractivity contribution in [1.82, 2.24) is 10.3 Å². The molecule has 0 saturated heterocycles. The fourth-order valence-corrected chi connectivity index (χ4v) is 2.88. The normalized spacial score (nSPS) is 11.2. The summed E-state index contributed by atoms with van der Waals surface area (Å²) in [6, 6.07) is 11.4. The molecular formula is C20H13BrF4N2O2. The van der Waals surface area contributed by atoms with Gasteiger partial charge in [0.05, 0.1) is 5.56 Å². The molecule has 0 radical (unpaired) electrons. The van der Waals surface area contributed by atoms with E-state index in [1.54, 1.807) is 24.3 Å². The highest BCUT2D eigenvalue weighted by molar-refractivity contribution is 9.10. The number of carbonyl (C=O) groups is 1. The van der Waals surface area contributed by atoms with E-state index in [4.69, 9.17) is 0 Å². The van der Waals surface area contributed by atoms with Crippen molar-refractivity contribution in [2.75, 3.05) is 0 Å². The molecule has 9 heteroatoms. The zero-order valence-corrected chi connectivity index (χ0v) is 16.2. The number of halogens is 5. The smallest absolute Gasteiger partial charge is 0.405 e. The van der Waals surface area contributed by atoms with Crippen LogP contribution in [0.15, 0.2) is 65.4 Å². The highest BCUT2D eigenvalue weighted by atomic mass is 79.9. The first-order valence-corrected chi connectivity index (χ1v) is 9.04. The first-order chi connectivity index (χ1) is 13.7. The van der Waals surface area contributed by atoms with Crippen molar-refractivity contribution in [1.29, 1.82) is 0 Å². The van der Waals surface area contributed by atoms with Gasteiger partial charge < -0.3 is 10.1 Å². The third-order valence-corrected chi connectivity index (χ3v) is 4.37. The Labute approximate surface area is 171 Å². The van der Waals surface area contributed by atoms with Gasteiger partial charge in [-0.1, -0.05) is 34.1 Å². The average Bonchev–Trinajstić information content (AvgIpc) is 2.66. The van der Waals surface area contributed by atoms with Crippen molar-refractivity contribution in [3.63, 3.8) is 0 Å². The molecule has 0 fully saturated rings. The molecular weight excluding hydrogens is 456 g/mol. The molecule has 1 aromatic heterocycles. The number of ether oxygens (including phenoxy) is 1. The van der Waals surface area contributed by atoms with Crippen LogP contribution >= 0.6 is 15.9 Å². The number of aromatic nitrogens is 1. The number of rotatable bonds is 5. The number of hydrogen-bond donors (Lipinski definition) is 1. The molecule has 0 saturated carbocycles. The van der Waals surface area contributed by atoms with Gasteiger partial charge in [-0.05, 0) is 35.9 Å². The molecule has 0 atom stereocenters. The van der Waals surface area contributed by atoms with Gasteiger partial charge in [0.2, 0.25) is 0 Å². The molecule has 1 heterocycles. The van der Waals surface area contributed by atoms with E-state index in [0.717, 1.165) is 0 Å². The molecule has 4 nitrogen and oxygen atoms in total. The number of pyridine rings is 1. The van der Waals surface area contributed by atoms with Crippen LogP contribution in [0.3, 0.4) is 0 Å². The number of nitrogens with zero attached hydrogens (tertiary/aromatic N) is 1. The number of amides is 1. The van der Waals surface area contributed by atoms with Gasteiger partial charge in [-0.3, -0.25) is 9.78 Å². The van der Waals surface area contributed by atoms with Crippen LogP contribution in [0.2, 0.25) is 0 Å². The predicted molar refractivity (Wildman–Crippen MR) is 102 cm³/mol. The summed E-state index contributed by atoms with van der Waals surface area (Å²) in [4.78, 5) is 16.4. The number of carbonyl (C=O) groups excluding carboxylic acids is 1. The second-order valence-electron chi connectivity index (χ2n) is 5.95. The molecule has 2 aromatic carbocycles. The minimum Gasteiger partial charge on any atom is -0.405 e. The quantitative estimate of drug-likeness (QED) is 0.504. The fraction of sp³-hybridized carbons (Fsp3) is 0.100. The van der Waals surface area contributed by atoms with Crippen LogP contribution in [-0.2, 0) is 6.54 Å². The van der Waals surface area contributed by atoms with Crippen molar-refractivity contribution >= 4 is 21.8 Å². The summed E-state index contributed by atoms with van der Waals surface area (Å²) in [5.74, 6) is -1.32. The van der Waals surface area contributed by atoms with E-state index in [1.165, 1.54) is 36.7 Å². The van der Waals surface area contributed by atoms with E-state index in [1.807, 2.05) is 0 Å². The SMILES string of the molecule is O=C(NCc1ccc(Br)cc1OC(F)(F)F)c1cncc(-c2ccc(F)cc2)c1. The van der Waals surface area contributed by atoms with Crippen molar-refractivity contribution < 1.29 is 27.1 Å². The number of alkyl halides is 3. The number of hydrogen-bond acceptors (Lipinski definition) is 3. The summed E-state index contributed by atoms with van der Waals surface area (Å²) >= 11 is 3.09. The Kier molecular flexibility index (Phi) is 6.17. The lowest BCUT2D eigenvalue weighted by Crippen LogP contribution is -2.24. The van der Waals surface area contributed by atoms with E-state index in [9.17, 15) is 22.4 Å². The third kappa shape index (κ3) is 5.77. The summed E-state index contributed by atoms with van der Waals surface area (Å²) in [6.07, 6.45) is -2.00. The highest BCUT2D eigenvalue weighted by Gasteiger charge is 2.32. The van der Waals surface area contributed by atoms with Crippen molar-refractivity contribution in [3.05, 3.63) is 82.3 Å². The minimum absolute atomic E-state index is 0.154. The fourth-order valence-electron chi connectivity index (χ4n) is 2.54. The summed E-state index contributed by atoms with van der Waals surface area (Å²) in [5.41, 5.74) is 1.63. The lowest BCUT2D eigenvalue weighted by molar-refractivity contribution is -0.274. The second kappa shape index (κ2) is 8.60. The largest absolute Gasteiger partial charge is 0.573 e. The average molecular weight is 469 g/mol. The molecule has 150 valence electrons. The Balaban J connectivity index is 1.75. The molecule has 0 unspecified atom stereocenters. The summed E-state index contributed by atoms with van der Waals surface area (Å²) in [6.45, 7) is -0.182. The minimum atomic E-state index is -4.85. The Morgan fingerprint density at radius 1 is 1.03 bits per heavy atom. The van der Waals surface area contributed by atoms with Crippen LogP contribution in [0.25, 0.3) is 11.1 Å². The zero-order valence-electron chi connectivity index (χ0n) is 14.6. The highest BCUT2D eigenvalue weighted by Crippen LogP contribution is 2.29. The third-order valence-electron chi connectivity index (χ3n) is 3.87. The molecule has 3 aromatic rings. The summed E-state index contributed by atoms with van der Waals surface area (Å²) in [7, 11) is 0. The molecule has 0 bridgehead atoms. The van der Waals surface area contributed by atoms with Crippen LogP contribution in [0.4, 0.5) is 17.6 Å². The van der Waals surface area contributed by atoms with Crippen LogP contribution < -0.4 is 10.1 Å². The molecule has 1 N–H and O–H groups in total. The van der Waals surface area contributed by atoms with Gasteiger partial charge in [-0.15, -0.1) is 13.2 Å². The van der Waals surface area contributed by atoms with Crippen molar-refractivity contribution in [2.24, 2.45) is 0 Å². The molecule has 0 aliphatic heterocycles. The lowest BCUT2D eigenvalue weighted by Gasteiger charge is -2.14. The molecule has 0 aliphatic carbocycles. The second-order valence-corrected chi connectivity index (χ2v) is 6.87. The van der Waals surface area contributed by atoms with E-state index in [0.29, 0.717) is 15.6 Å². The molecule has 3 rings (SSSR count). The molecule has 1 amide bonds. The maximum Gasteiger partial charge on any atom is 0.573 e. The van der Waals surface area contributed by atoms with Gasteiger partial charge in [0.15, 0.2) is 0 Å². The predicted octanol–water partition coefficient (Wildman–Crippen LogP) is 5.48. The Hall–Kier alpha value is -2.94. The Morgan fingerprint density at radius 2 is 1.76 bits per heavy atom. The monoisotopic (exact) mass is 468 g/mol. The van der Waals surface area contributed by atoms with Gasteiger partial charge in [-0.25, -0.2) is 4.39 Å². The topological polar surface area (TPSA) is 51.2 Å². The lowest BCUT2D eigenvalue weighted by atomic mass is 10.1. The van der Waals surface area contributed by atoms with Crippen LogP contribution in [0.1, 0.15) is 15.9 Å². The van der Waals surface area contributed by atoms with Gasteiger partial charge in [0.1, 0.15) is 11.6 Å². The van der Waals surface area contributed by atoms with Gasteiger partial charge in [-0.2, -0.15) is 0 Å². The van der Waals surface area contributed by atoms with Crippen LogP contribution in [0, 0.1) is 5.82 Å². The van der Waals surface area contributed by atoms with Gasteiger partial charge in [0.25, 0.3) is 5.91 Å². The van der Waals surface area contributed by atoms with E-state index in [-0.39, 0.29) is 23.5 Å². The summed E-state index contributed by atoms with van der Waals surface area (Å²) in [5, 5.41) is 2.55. The first-order valence-electron chi connectivity index (χ1n) is 8.24. The molecule has 0 spiro atoms. The summed E-state index contributed by atoms with van der Waals surface area (Å²) < 4.78 is 55.3. The van der Waals surface area contributed by atoms with Gasteiger partial charge in [0, 0.05) is 34.5 Å². The van der Waals surface area contributed by atoms with Crippen molar-refractivity contribution in [3.8, 4) is 16.9 Å². The standard InChI is InChI=1S/C20H13BrF4N2O2/c21-16-4-1-13(18(8-16)29-20(23,24)25)11-27-19(28)15-7-14(9-26-10-15)12-2-5-17(22)6-3-12/h1-10H,11H2,(H,27,28). The van der Waals surface area contributed by atoms with Crippen LogP contribution in [-0.4, -0.2) is 17.3 Å².